The van der Waals surface area contributed by atoms with E-state index in [9.17, 15) is 19.7 Å². The Hall–Kier alpha value is -2.78. The third-order valence-corrected chi connectivity index (χ3v) is 5.55. The minimum atomic E-state index is -0.623. The van der Waals surface area contributed by atoms with Gasteiger partial charge in [0.1, 0.15) is 4.88 Å². The highest BCUT2D eigenvalue weighted by Gasteiger charge is 2.15. The number of nitrogens with zero attached hydrogens (tertiary/aromatic N) is 1. The van der Waals surface area contributed by atoms with E-state index in [2.05, 4.69) is 5.32 Å². The molecule has 0 radical (unpaired) electrons. The van der Waals surface area contributed by atoms with Gasteiger partial charge in [-0.05, 0) is 30.0 Å². The zero-order chi connectivity index (χ0) is 18.5. The molecule has 3 rings (SSSR count). The van der Waals surface area contributed by atoms with Crippen molar-refractivity contribution < 1.29 is 19.2 Å². The van der Waals surface area contributed by atoms with Gasteiger partial charge in [-0.2, -0.15) is 0 Å². The van der Waals surface area contributed by atoms with Gasteiger partial charge in [-0.15, -0.1) is 22.7 Å². The van der Waals surface area contributed by atoms with Gasteiger partial charge < -0.3 is 10.1 Å². The number of carbonyl (C=O) groups excluding carboxylic acids is 2. The van der Waals surface area contributed by atoms with Gasteiger partial charge in [-0.25, -0.2) is 4.79 Å². The van der Waals surface area contributed by atoms with Crippen molar-refractivity contribution in [2.24, 2.45) is 0 Å². The number of amides is 1. The van der Waals surface area contributed by atoms with Crippen LogP contribution in [0.1, 0.15) is 14.5 Å². The molecule has 0 unspecified atom stereocenters. The van der Waals surface area contributed by atoms with Crippen LogP contribution in [-0.4, -0.2) is 30.0 Å². The number of esters is 1. The van der Waals surface area contributed by atoms with Crippen LogP contribution in [0.15, 0.2) is 41.8 Å². The topological polar surface area (TPSA) is 98.5 Å². The number of hydrogen-bond acceptors (Lipinski definition) is 7. The van der Waals surface area contributed by atoms with Crippen LogP contribution >= 0.6 is 22.7 Å². The van der Waals surface area contributed by atoms with E-state index < -0.39 is 10.9 Å². The van der Waals surface area contributed by atoms with Gasteiger partial charge in [0.15, 0.2) is 6.61 Å². The van der Waals surface area contributed by atoms with E-state index >= 15 is 0 Å². The summed E-state index contributed by atoms with van der Waals surface area (Å²) in [5.74, 6) is -0.992. The Bertz CT molecular complexity index is 949. The number of nitro benzene ring substituents is 1. The fourth-order valence-corrected chi connectivity index (χ4v) is 3.92. The number of benzene rings is 1. The molecule has 26 heavy (non-hydrogen) atoms. The molecule has 134 valence electrons. The Morgan fingerprint density at radius 3 is 2.81 bits per heavy atom. The molecule has 3 aromatic rings. The first-order chi connectivity index (χ1) is 12.5. The standard InChI is InChI=1S/C17H14N2O5S2/c20-16(18-6-5-13-2-1-7-25-13)10-24-17(21)15-9-11-8-12(19(22)23)3-4-14(11)26-15/h1-4,7-9H,5-6,10H2,(H,18,20). The van der Waals surface area contributed by atoms with Crippen LogP contribution < -0.4 is 5.32 Å². The third-order valence-electron chi connectivity index (χ3n) is 3.52. The quantitative estimate of drug-likeness (QED) is 0.379. The molecule has 7 nitrogen and oxygen atoms in total. The van der Waals surface area contributed by atoms with Crippen LogP contribution in [0.25, 0.3) is 10.1 Å². The minimum absolute atomic E-state index is 0.0414. The predicted molar refractivity (Wildman–Crippen MR) is 99.8 cm³/mol. The molecular weight excluding hydrogens is 376 g/mol. The SMILES string of the molecule is O=C(COC(=O)c1cc2cc([N+](=O)[O-])ccc2s1)NCCc1cccs1. The van der Waals surface area contributed by atoms with Gasteiger partial charge in [0.2, 0.25) is 0 Å². The van der Waals surface area contributed by atoms with Gasteiger partial charge in [0.25, 0.3) is 11.6 Å². The second-order valence-corrected chi connectivity index (χ2v) is 7.46. The highest BCUT2D eigenvalue weighted by atomic mass is 32.1. The molecule has 0 atom stereocenters. The van der Waals surface area contributed by atoms with E-state index in [1.807, 2.05) is 17.5 Å². The molecule has 0 bridgehead atoms. The number of fused-ring (bicyclic) bond motifs is 1. The number of hydrogen-bond donors (Lipinski definition) is 1. The summed E-state index contributed by atoms with van der Waals surface area (Å²) in [6.07, 6.45) is 0.729. The van der Waals surface area contributed by atoms with Gasteiger partial charge in [-0.3, -0.25) is 14.9 Å². The number of rotatable bonds is 7. The Labute approximate surface area is 156 Å². The average Bonchev–Trinajstić information content (AvgIpc) is 3.28. The summed E-state index contributed by atoms with van der Waals surface area (Å²) in [5, 5.41) is 16.1. The van der Waals surface area contributed by atoms with E-state index in [1.165, 1.54) is 34.4 Å². The summed E-state index contributed by atoms with van der Waals surface area (Å²) >= 11 is 2.78. The first kappa shape index (κ1) is 18.0. The Kier molecular flexibility index (Phi) is 5.59. The molecule has 2 heterocycles. The van der Waals surface area contributed by atoms with E-state index in [0.717, 1.165) is 11.1 Å². The number of carbonyl (C=O) groups is 2. The predicted octanol–water partition coefficient (Wildman–Crippen LogP) is 3.39. The number of nitrogens with one attached hydrogen (secondary N) is 1. The van der Waals surface area contributed by atoms with Gasteiger partial charge in [0, 0.05) is 33.6 Å². The van der Waals surface area contributed by atoms with E-state index in [-0.39, 0.29) is 18.2 Å². The maximum Gasteiger partial charge on any atom is 0.348 e. The van der Waals surface area contributed by atoms with Crippen LogP contribution in [0.4, 0.5) is 5.69 Å². The molecular formula is C17H14N2O5S2. The first-order valence-corrected chi connectivity index (χ1v) is 9.37. The van der Waals surface area contributed by atoms with Crippen LogP contribution in [0.3, 0.4) is 0 Å². The Morgan fingerprint density at radius 1 is 1.23 bits per heavy atom. The monoisotopic (exact) mass is 390 g/mol. The van der Waals surface area contributed by atoms with E-state index in [4.69, 9.17) is 4.74 Å². The van der Waals surface area contributed by atoms with Crippen LogP contribution in [0.2, 0.25) is 0 Å². The summed E-state index contributed by atoms with van der Waals surface area (Å²) in [6.45, 7) is 0.112. The molecule has 0 spiro atoms. The normalized spacial score (nSPS) is 10.6. The maximum absolute atomic E-state index is 12.1. The minimum Gasteiger partial charge on any atom is -0.451 e. The van der Waals surface area contributed by atoms with Crippen molar-refractivity contribution in [3.63, 3.8) is 0 Å². The van der Waals surface area contributed by atoms with Gasteiger partial charge in [-0.1, -0.05) is 6.07 Å². The van der Waals surface area contributed by atoms with Crippen molar-refractivity contribution in [1.82, 2.24) is 5.32 Å². The molecule has 0 saturated carbocycles. The molecule has 2 aromatic heterocycles. The number of nitro groups is 1. The fourth-order valence-electron chi connectivity index (χ4n) is 2.28. The summed E-state index contributed by atoms with van der Waals surface area (Å²) in [7, 11) is 0. The molecule has 0 aliphatic rings. The van der Waals surface area contributed by atoms with Crippen molar-refractivity contribution in [2.45, 2.75) is 6.42 Å². The average molecular weight is 390 g/mol. The fraction of sp³-hybridized carbons (Fsp3) is 0.176. The lowest BCUT2D eigenvalue weighted by atomic mass is 10.2. The summed E-state index contributed by atoms with van der Waals surface area (Å²) in [6, 6.07) is 9.84. The van der Waals surface area contributed by atoms with Crippen molar-refractivity contribution in [3.05, 3.63) is 61.6 Å². The van der Waals surface area contributed by atoms with Crippen molar-refractivity contribution in [3.8, 4) is 0 Å². The lowest BCUT2D eigenvalue weighted by Crippen LogP contribution is -2.30. The van der Waals surface area contributed by atoms with Crippen LogP contribution in [0.5, 0.6) is 0 Å². The Balaban J connectivity index is 1.51. The molecule has 9 heteroatoms. The van der Waals surface area contributed by atoms with Crippen molar-refractivity contribution >= 4 is 50.3 Å². The highest BCUT2D eigenvalue weighted by Crippen LogP contribution is 2.29. The molecule has 0 saturated heterocycles. The van der Waals surface area contributed by atoms with E-state index in [0.29, 0.717) is 16.8 Å². The van der Waals surface area contributed by atoms with Gasteiger partial charge >= 0.3 is 5.97 Å². The summed E-state index contributed by atoms with van der Waals surface area (Å²) in [4.78, 5) is 35.6. The number of thiophene rings is 2. The zero-order valence-corrected chi connectivity index (χ0v) is 15.1. The van der Waals surface area contributed by atoms with Crippen molar-refractivity contribution in [2.75, 3.05) is 13.2 Å². The number of non-ortho nitro benzene ring substituents is 1. The number of ether oxygens (including phenoxy) is 1. The van der Waals surface area contributed by atoms with Crippen LogP contribution in [-0.2, 0) is 16.0 Å². The second kappa shape index (κ2) is 8.07. The van der Waals surface area contributed by atoms with E-state index in [1.54, 1.807) is 17.4 Å². The molecule has 0 aliphatic heterocycles. The molecule has 0 aliphatic carbocycles. The zero-order valence-electron chi connectivity index (χ0n) is 13.5. The van der Waals surface area contributed by atoms with Crippen LogP contribution in [0, 0.1) is 10.1 Å². The molecule has 0 fully saturated rings. The molecule has 1 amide bonds. The molecule has 1 aromatic carbocycles. The lowest BCUT2D eigenvalue weighted by Gasteiger charge is -2.05. The smallest absolute Gasteiger partial charge is 0.348 e. The van der Waals surface area contributed by atoms with Gasteiger partial charge in [0.05, 0.1) is 4.92 Å². The third kappa shape index (κ3) is 4.44. The lowest BCUT2D eigenvalue weighted by molar-refractivity contribution is -0.384. The summed E-state index contributed by atoms with van der Waals surface area (Å²) < 4.78 is 5.75. The Morgan fingerprint density at radius 2 is 2.08 bits per heavy atom. The largest absolute Gasteiger partial charge is 0.451 e. The molecule has 1 N–H and O–H groups in total. The van der Waals surface area contributed by atoms with Crippen molar-refractivity contribution in [1.29, 1.82) is 0 Å². The second-order valence-electron chi connectivity index (χ2n) is 5.35. The highest BCUT2D eigenvalue weighted by molar-refractivity contribution is 7.20. The first-order valence-electron chi connectivity index (χ1n) is 7.67. The maximum atomic E-state index is 12.1. The summed E-state index contributed by atoms with van der Waals surface area (Å²) in [5.41, 5.74) is -0.0414.